The van der Waals surface area contributed by atoms with Crippen LogP contribution in [0.3, 0.4) is 0 Å². The van der Waals surface area contributed by atoms with Crippen molar-refractivity contribution in [1.29, 1.82) is 0 Å². The average Bonchev–Trinajstić information content (AvgIpc) is 3.07. The summed E-state index contributed by atoms with van der Waals surface area (Å²) >= 11 is 0. The molecule has 4 heteroatoms. The van der Waals surface area contributed by atoms with Gasteiger partial charge in [0.05, 0.1) is 6.61 Å². The third kappa shape index (κ3) is 4.47. The van der Waals surface area contributed by atoms with Crippen LogP contribution in [0, 0.1) is 12.8 Å². The summed E-state index contributed by atoms with van der Waals surface area (Å²) < 4.78 is 5.93. The molecule has 29 heavy (non-hydrogen) atoms. The highest BCUT2D eigenvalue weighted by Crippen LogP contribution is 2.49. The van der Waals surface area contributed by atoms with E-state index >= 15 is 0 Å². The molecule has 1 spiro atoms. The zero-order valence-corrected chi connectivity index (χ0v) is 17.7. The van der Waals surface area contributed by atoms with E-state index in [9.17, 15) is 4.79 Å². The van der Waals surface area contributed by atoms with E-state index in [0.29, 0.717) is 6.42 Å². The number of nitrogens with zero attached hydrogens (tertiary/aromatic N) is 1. The van der Waals surface area contributed by atoms with Gasteiger partial charge in [-0.05, 0) is 81.5 Å². The summed E-state index contributed by atoms with van der Waals surface area (Å²) in [6, 6.07) is 12.5. The van der Waals surface area contributed by atoms with Crippen LogP contribution < -0.4 is 10.1 Å². The van der Waals surface area contributed by atoms with E-state index in [1.807, 2.05) is 19.1 Å². The first-order chi connectivity index (χ1) is 14.1. The van der Waals surface area contributed by atoms with Crippen molar-refractivity contribution in [3.05, 3.63) is 53.2 Å². The van der Waals surface area contributed by atoms with Gasteiger partial charge < -0.3 is 10.1 Å². The molecule has 0 unspecified atom stereocenters. The van der Waals surface area contributed by atoms with Crippen LogP contribution in [0.5, 0.6) is 5.88 Å². The summed E-state index contributed by atoms with van der Waals surface area (Å²) in [6.45, 7) is 4.93. The number of aryl methyl sites for hydroxylation is 2. The third-order valence-electron chi connectivity index (χ3n) is 6.78. The van der Waals surface area contributed by atoms with Gasteiger partial charge in [0, 0.05) is 28.8 Å². The number of aromatic nitrogens is 1. The van der Waals surface area contributed by atoms with E-state index in [4.69, 9.17) is 4.74 Å². The Labute approximate surface area is 174 Å². The highest BCUT2D eigenvalue weighted by Gasteiger charge is 2.43. The van der Waals surface area contributed by atoms with E-state index in [1.165, 1.54) is 36.8 Å². The quantitative estimate of drug-likeness (QED) is 0.698. The van der Waals surface area contributed by atoms with E-state index in [-0.39, 0.29) is 11.3 Å². The fourth-order valence-corrected chi connectivity index (χ4v) is 4.86. The Morgan fingerprint density at radius 3 is 2.66 bits per heavy atom. The lowest BCUT2D eigenvalue weighted by Gasteiger charge is -2.36. The molecule has 1 fully saturated rings. The molecular weight excluding hydrogens is 360 g/mol. The van der Waals surface area contributed by atoms with Gasteiger partial charge in [0.15, 0.2) is 0 Å². The van der Waals surface area contributed by atoms with Crippen molar-refractivity contribution >= 4 is 11.6 Å². The minimum absolute atomic E-state index is 0.126. The molecule has 1 saturated carbocycles. The molecule has 2 aromatic rings. The maximum absolute atomic E-state index is 12.2. The van der Waals surface area contributed by atoms with Gasteiger partial charge in [-0.15, -0.1) is 0 Å². The van der Waals surface area contributed by atoms with Crippen LogP contribution >= 0.6 is 0 Å². The molecule has 2 heterocycles. The summed E-state index contributed by atoms with van der Waals surface area (Å²) in [6.07, 6.45) is 8.50. The SMILES string of the molecule is CCc1ccc(NC(=O)CCCC2CCC3(CC2)COc2nc(C)ccc23)cc1. The Bertz CT molecular complexity index is 852. The summed E-state index contributed by atoms with van der Waals surface area (Å²) in [5.41, 5.74) is 4.70. The van der Waals surface area contributed by atoms with Gasteiger partial charge >= 0.3 is 0 Å². The number of benzene rings is 1. The zero-order chi connectivity index (χ0) is 20.3. The van der Waals surface area contributed by atoms with Crippen LogP contribution in [-0.2, 0) is 16.6 Å². The maximum Gasteiger partial charge on any atom is 0.224 e. The molecule has 1 aliphatic heterocycles. The second-order valence-electron chi connectivity index (χ2n) is 8.81. The monoisotopic (exact) mass is 392 g/mol. The van der Waals surface area contributed by atoms with Gasteiger partial charge in [0.25, 0.3) is 0 Å². The van der Waals surface area contributed by atoms with Crippen molar-refractivity contribution in [3.8, 4) is 5.88 Å². The number of hydrogen-bond donors (Lipinski definition) is 1. The number of pyridine rings is 1. The summed E-state index contributed by atoms with van der Waals surface area (Å²) in [7, 11) is 0. The highest BCUT2D eigenvalue weighted by atomic mass is 16.5. The van der Waals surface area contributed by atoms with E-state index < -0.39 is 0 Å². The molecule has 154 valence electrons. The fraction of sp³-hybridized carbons (Fsp3) is 0.520. The molecule has 1 N–H and O–H groups in total. The summed E-state index contributed by atoms with van der Waals surface area (Å²) in [4.78, 5) is 16.8. The number of anilines is 1. The number of rotatable bonds is 6. The average molecular weight is 393 g/mol. The van der Waals surface area contributed by atoms with Crippen LogP contribution in [-0.4, -0.2) is 17.5 Å². The van der Waals surface area contributed by atoms with Crippen molar-refractivity contribution in [3.63, 3.8) is 0 Å². The topological polar surface area (TPSA) is 51.2 Å². The minimum Gasteiger partial charge on any atom is -0.476 e. The molecule has 0 atom stereocenters. The standard InChI is InChI=1S/C25H32N2O2/c1-3-19-8-10-21(11-9-19)27-23(28)6-4-5-20-13-15-25(16-14-20)17-29-24-22(25)12-7-18(2)26-24/h7-12,20H,3-6,13-17H2,1-2H3,(H,27,28). The minimum atomic E-state index is 0.126. The van der Waals surface area contributed by atoms with Gasteiger partial charge in [0.1, 0.15) is 0 Å². The van der Waals surface area contributed by atoms with Crippen LogP contribution in [0.4, 0.5) is 5.69 Å². The van der Waals surface area contributed by atoms with Gasteiger partial charge in [-0.1, -0.05) is 25.1 Å². The molecule has 2 aliphatic rings. The van der Waals surface area contributed by atoms with Crippen LogP contribution in [0.2, 0.25) is 0 Å². The van der Waals surface area contributed by atoms with Crippen molar-refractivity contribution in [1.82, 2.24) is 4.98 Å². The first kappa shape index (κ1) is 19.9. The van der Waals surface area contributed by atoms with E-state index in [1.54, 1.807) is 0 Å². The second kappa shape index (κ2) is 8.56. The van der Waals surface area contributed by atoms with Crippen LogP contribution in [0.15, 0.2) is 36.4 Å². The molecule has 4 nitrogen and oxygen atoms in total. The number of ether oxygens (including phenoxy) is 1. The third-order valence-corrected chi connectivity index (χ3v) is 6.78. The Morgan fingerprint density at radius 2 is 1.93 bits per heavy atom. The normalized spacial score (nSPS) is 22.9. The first-order valence-corrected chi connectivity index (χ1v) is 11.1. The zero-order valence-electron chi connectivity index (χ0n) is 17.7. The Kier molecular flexibility index (Phi) is 5.89. The largest absolute Gasteiger partial charge is 0.476 e. The number of hydrogen-bond acceptors (Lipinski definition) is 3. The number of carbonyl (C=O) groups is 1. The number of fused-ring (bicyclic) bond motifs is 2. The molecular formula is C25H32N2O2. The second-order valence-corrected chi connectivity index (χ2v) is 8.81. The number of nitrogens with one attached hydrogen (secondary N) is 1. The molecule has 0 saturated heterocycles. The van der Waals surface area contributed by atoms with Crippen molar-refractivity contribution in [2.75, 3.05) is 11.9 Å². The lowest BCUT2D eigenvalue weighted by molar-refractivity contribution is -0.116. The van der Waals surface area contributed by atoms with Crippen molar-refractivity contribution in [2.24, 2.45) is 5.92 Å². The highest BCUT2D eigenvalue weighted by molar-refractivity contribution is 5.90. The van der Waals surface area contributed by atoms with Crippen molar-refractivity contribution in [2.45, 2.75) is 70.6 Å². The number of carbonyl (C=O) groups excluding carboxylic acids is 1. The summed E-state index contributed by atoms with van der Waals surface area (Å²) in [5, 5.41) is 3.02. The van der Waals surface area contributed by atoms with Gasteiger partial charge in [-0.2, -0.15) is 0 Å². The van der Waals surface area contributed by atoms with Crippen molar-refractivity contribution < 1.29 is 9.53 Å². The summed E-state index contributed by atoms with van der Waals surface area (Å²) in [5.74, 6) is 1.70. The maximum atomic E-state index is 12.2. The fourth-order valence-electron chi connectivity index (χ4n) is 4.86. The molecule has 1 aromatic carbocycles. The lowest BCUT2D eigenvalue weighted by Crippen LogP contribution is -2.33. The smallest absolute Gasteiger partial charge is 0.224 e. The van der Waals surface area contributed by atoms with E-state index in [2.05, 4.69) is 41.5 Å². The first-order valence-electron chi connectivity index (χ1n) is 11.1. The molecule has 0 radical (unpaired) electrons. The Hall–Kier alpha value is -2.36. The van der Waals surface area contributed by atoms with Crippen LogP contribution in [0.1, 0.15) is 68.7 Å². The Morgan fingerprint density at radius 1 is 1.17 bits per heavy atom. The lowest BCUT2D eigenvalue weighted by atomic mass is 9.67. The van der Waals surface area contributed by atoms with Gasteiger partial charge in [-0.25, -0.2) is 4.98 Å². The molecule has 1 aromatic heterocycles. The predicted molar refractivity (Wildman–Crippen MR) is 116 cm³/mol. The molecule has 4 rings (SSSR count). The molecule has 0 bridgehead atoms. The van der Waals surface area contributed by atoms with Gasteiger partial charge in [0.2, 0.25) is 11.8 Å². The van der Waals surface area contributed by atoms with Crippen LogP contribution in [0.25, 0.3) is 0 Å². The molecule has 1 amide bonds. The van der Waals surface area contributed by atoms with Gasteiger partial charge in [-0.3, -0.25) is 4.79 Å². The van der Waals surface area contributed by atoms with E-state index in [0.717, 1.165) is 49.0 Å². The molecule has 1 aliphatic carbocycles. The predicted octanol–water partition coefficient (Wildman–Crippen LogP) is 5.58. The Balaban J connectivity index is 1.21. The number of amides is 1.